The molecule has 0 saturated carbocycles. The van der Waals surface area contributed by atoms with Crippen LogP contribution in [0.25, 0.3) is 0 Å². The van der Waals surface area contributed by atoms with Crippen molar-refractivity contribution in [2.45, 2.75) is 25.7 Å². The summed E-state index contributed by atoms with van der Waals surface area (Å²) in [5, 5.41) is 0. The summed E-state index contributed by atoms with van der Waals surface area (Å²) in [6, 6.07) is 1.86. The first kappa shape index (κ1) is 16.6. The molecule has 3 rings (SSSR count). The lowest BCUT2D eigenvalue weighted by atomic mass is 9.84. The molecule has 2 saturated heterocycles. The number of likely N-dealkylation sites (tertiary alicyclic amines) is 1. The predicted molar refractivity (Wildman–Crippen MR) is 94.7 cm³/mol. The summed E-state index contributed by atoms with van der Waals surface area (Å²) in [6.45, 7) is 4.00. The largest absolute Gasteiger partial charge is 0.342 e. The molecule has 6 heteroatoms. The molecule has 0 aromatic carbocycles. The first-order valence-electron chi connectivity index (χ1n) is 8.56. The zero-order chi connectivity index (χ0) is 16.1. The molecular formula is C17H26N4OS. The third kappa shape index (κ3) is 4.16. The smallest absolute Gasteiger partial charge is 0.225 e. The van der Waals surface area contributed by atoms with Gasteiger partial charge in [-0.1, -0.05) is 0 Å². The zero-order valence-electron chi connectivity index (χ0n) is 13.9. The summed E-state index contributed by atoms with van der Waals surface area (Å²) in [5.41, 5.74) is 0. The fourth-order valence-electron chi connectivity index (χ4n) is 3.77. The topological polar surface area (TPSA) is 49.3 Å². The first-order chi connectivity index (χ1) is 11.3. The Morgan fingerprint density at radius 1 is 1.17 bits per heavy atom. The molecule has 2 aliphatic rings. The maximum Gasteiger partial charge on any atom is 0.225 e. The van der Waals surface area contributed by atoms with Crippen molar-refractivity contribution in [3.05, 3.63) is 18.5 Å². The van der Waals surface area contributed by atoms with Crippen molar-refractivity contribution in [3.63, 3.8) is 0 Å². The SMILES string of the molecule is CSCCC(=O)N1CCC(C2CCN(c3ncccn3)CC2)C1. The van der Waals surface area contributed by atoms with E-state index < -0.39 is 0 Å². The molecule has 1 aromatic rings. The Hall–Kier alpha value is -1.30. The Labute approximate surface area is 142 Å². The minimum absolute atomic E-state index is 0.344. The number of carbonyl (C=O) groups excluding carboxylic acids is 1. The predicted octanol–water partition coefficient (Wildman–Crippen LogP) is 2.29. The normalized spacial score (nSPS) is 22.6. The molecule has 2 aliphatic heterocycles. The summed E-state index contributed by atoms with van der Waals surface area (Å²) in [4.78, 5) is 25.2. The molecule has 1 atom stereocenters. The van der Waals surface area contributed by atoms with Crippen molar-refractivity contribution in [1.82, 2.24) is 14.9 Å². The maximum atomic E-state index is 12.2. The van der Waals surface area contributed by atoms with Gasteiger partial charge in [0.25, 0.3) is 0 Å². The second-order valence-corrected chi connectivity index (χ2v) is 7.49. The van der Waals surface area contributed by atoms with Crippen molar-refractivity contribution < 1.29 is 4.79 Å². The Bertz CT molecular complexity index is 505. The van der Waals surface area contributed by atoms with Crippen molar-refractivity contribution in [1.29, 1.82) is 0 Å². The average molecular weight is 334 g/mol. The number of thioether (sulfide) groups is 1. The highest BCUT2D eigenvalue weighted by Crippen LogP contribution is 2.32. The van der Waals surface area contributed by atoms with Gasteiger partial charge < -0.3 is 9.80 Å². The van der Waals surface area contributed by atoms with Crippen molar-refractivity contribution in [2.24, 2.45) is 11.8 Å². The molecule has 1 aromatic heterocycles. The minimum atomic E-state index is 0.344. The lowest BCUT2D eigenvalue weighted by Crippen LogP contribution is -2.38. The van der Waals surface area contributed by atoms with E-state index in [1.165, 1.54) is 19.3 Å². The van der Waals surface area contributed by atoms with Gasteiger partial charge in [-0.15, -0.1) is 0 Å². The van der Waals surface area contributed by atoms with E-state index >= 15 is 0 Å². The highest BCUT2D eigenvalue weighted by Gasteiger charge is 2.33. The van der Waals surface area contributed by atoms with E-state index in [-0.39, 0.29) is 0 Å². The molecule has 0 aliphatic carbocycles. The lowest BCUT2D eigenvalue weighted by molar-refractivity contribution is -0.129. The van der Waals surface area contributed by atoms with Crippen molar-refractivity contribution >= 4 is 23.6 Å². The third-order valence-corrected chi connectivity index (χ3v) is 5.75. The number of piperidine rings is 1. The van der Waals surface area contributed by atoms with Gasteiger partial charge in [0, 0.05) is 50.7 Å². The van der Waals surface area contributed by atoms with Crippen LogP contribution in [-0.2, 0) is 4.79 Å². The van der Waals surface area contributed by atoms with E-state index in [9.17, 15) is 4.79 Å². The van der Waals surface area contributed by atoms with Gasteiger partial charge >= 0.3 is 0 Å². The van der Waals surface area contributed by atoms with E-state index in [1.54, 1.807) is 11.8 Å². The molecule has 5 nitrogen and oxygen atoms in total. The molecule has 3 heterocycles. The molecule has 2 fully saturated rings. The van der Waals surface area contributed by atoms with Gasteiger partial charge in [-0.05, 0) is 43.4 Å². The molecule has 23 heavy (non-hydrogen) atoms. The number of hydrogen-bond donors (Lipinski definition) is 0. The average Bonchev–Trinajstić information content (AvgIpc) is 3.11. The summed E-state index contributed by atoms with van der Waals surface area (Å²) in [6.07, 6.45) is 9.93. The van der Waals surface area contributed by atoms with Gasteiger partial charge in [-0.3, -0.25) is 4.79 Å². The minimum Gasteiger partial charge on any atom is -0.342 e. The zero-order valence-corrected chi connectivity index (χ0v) is 14.7. The maximum absolute atomic E-state index is 12.2. The van der Waals surface area contributed by atoms with E-state index in [0.717, 1.165) is 43.8 Å². The Morgan fingerprint density at radius 3 is 2.57 bits per heavy atom. The molecule has 0 spiro atoms. The number of nitrogens with zero attached hydrogens (tertiary/aromatic N) is 4. The van der Waals surface area contributed by atoms with Crippen LogP contribution in [-0.4, -0.2) is 59.0 Å². The molecule has 0 radical (unpaired) electrons. The summed E-state index contributed by atoms with van der Waals surface area (Å²) in [7, 11) is 0. The number of carbonyl (C=O) groups is 1. The highest BCUT2D eigenvalue weighted by atomic mass is 32.2. The van der Waals surface area contributed by atoms with Gasteiger partial charge in [0.1, 0.15) is 0 Å². The lowest BCUT2D eigenvalue weighted by Gasteiger charge is -2.34. The second-order valence-electron chi connectivity index (χ2n) is 6.50. The molecule has 0 bridgehead atoms. The summed E-state index contributed by atoms with van der Waals surface area (Å²) in [5.74, 6) is 3.57. The number of rotatable bonds is 5. The van der Waals surface area contributed by atoms with Gasteiger partial charge in [0.2, 0.25) is 11.9 Å². The van der Waals surface area contributed by atoms with E-state index in [1.807, 2.05) is 18.5 Å². The van der Waals surface area contributed by atoms with Gasteiger partial charge in [0.05, 0.1) is 0 Å². The van der Waals surface area contributed by atoms with Gasteiger partial charge in [0.15, 0.2) is 0 Å². The Kier molecular flexibility index (Phi) is 5.75. The van der Waals surface area contributed by atoms with E-state index in [2.05, 4.69) is 26.0 Å². The van der Waals surface area contributed by atoms with Crippen molar-refractivity contribution in [3.8, 4) is 0 Å². The summed E-state index contributed by atoms with van der Waals surface area (Å²) < 4.78 is 0. The number of anilines is 1. The molecule has 126 valence electrons. The second kappa shape index (κ2) is 7.99. The number of hydrogen-bond acceptors (Lipinski definition) is 5. The van der Waals surface area contributed by atoms with Crippen LogP contribution in [0.2, 0.25) is 0 Å². The van der Waals surface area contributed by atoms with Crippen LogP contribution in [0.3, 0.4) is 0 Å². The summed E-state index contributed by atoms with van der Waals surface area (Å²) >= 11 is 1.75. The molecule has 1 amide bonds. The van der Waals surface area contributed by atoms with E-state index in [4.69, 9.17) is 0 Å². The van der Waals surface area contributed by atoms with Crippen LogP contribution >= 0.6 is 11.8 Å². The Balaban J connectivity index is 1.46. The highest BCUT2D eigenvalue weighted by molar-refractivity contribution is 7.98. The fourth-order valence-corrected chi connectivity index (χ4v) is 4.15. The van der Waals surface area contributed by atoms with Crippen LogP contribution in [0, 0.1) is 11.8 Å². The van der Waals surface area contributed by atoms with Crippen LogP contribution in [0.4, 0.5) is 5.95 Å². The first-order valence-corrected chi connectivity index (χ1v) is 9.96. The van der Waals surface area contributed by atoms with Crippen LogP contribution in [0.5, 0.6) is 0 Å². The fraction of sp³-hybridized carbons (Fsp3) is 0.706. The van der Waals surface area contributed by atoms with Crippen molar-refractivity contribution in [2.75, 3.05) is 43.1 Å². The number of amides is 1. The van der Waals surface area contributed by atoms with Crippen LogP contribution < -0.4 is 4.90 Å². The third-order valence-electron chi connectivity index (χ3n) is 5.14. The number of aromatic nitrogens is 2. The quantitative estimate of drug-likeness (QED) is 0.827. The van der Waals surface area contributed by atoms with E-state index in [0.29, 0.717) is 18.2 Å². The van der Waals surface area contributed by atoms with Gasteiger partial charge in [-0.25, -0.2) is 9.97 Å². The molecule has 0 N–H and O–H groups in total. The molecule has 1 unspecified atom stereocenters. The molecular weight excluding hydrogens is 308 g/mol. The van der Waals surface area contributed by atoms with Crippen LogP contribution in [0.1, 0.15) is 25.7 Å². The standard InChI is InChI=1S/C17H26N4OS/c1-23-12-6-16(22)21-11-5-15(13-21)14-3-9-20(10-4-14)17-18-7-2-8-19-17/h2,7-8,14-15H,3-6,9-13H2,1H3. The van der Waals surface area contributed by atoms with Crippen LogP contribution in [0.15, 0.2) is 18.5 Å². The monoisotopic (exact) mass is 334 g/mol. The Morgan fingerprint density at radius 2 is 1.87 bits per heavy atom. The van der Waals surface area contributed by atoms with Gasteiger partial charge in [-0.2, -0.15) is 11.8 Å².